The number of hydrogen-bond acceptors (Lipinski definition) is 3. The number of thioether (sulfide) groups is 1. The molecule has 0 aromatic rings. The smallest absolute Gasteiger partial charge is 0.0814 e. The Balaban J connectivity index is 2.43. The molecule has 0 unspecified atom stereocenters. The van der Waals surface area contributed by atoms with Gasteiger partial charge in [0.2, 0.25) is 0 Å². The Kier molecular flexibility index (Phi) is 3.90. The lowest BCUT2D eigenvalue weighted by Gasteiger charge is -2.34. The molecular weight excluding hydrogens is 170 g/mol. The van der Waals surface area contributed by atoms with Gasteiger partial charge < -0.3 is 5.11 Å². The standard InChI is InChI=1S/C9H15NOS/c10-6-7-12-9(8-11)4-2-1-3-5-9/h11H,1-5,7-8H2. The van der Waals surface area contributed by atoms with Crippen molar-refractivity contribution < 1.29 is 5.11 Å². The van der Waals surface area contributed by atoms with Gasteiger partial charge in [-0.2, -0.15) is 5.26 Å². The van der Waals surface area contributed by atoms with Gasteiger partial charge in [0, 0.05) is 4.75 Å². The summed E-state index contributed by atoms with van der Waals surface area (Å²) in [5.41, 5.74) is 0. The fraction of sp³-hybridized carbons (Fsp3) is 0.889. The molecule has 68 valence electrons. The first-order chi connectivity index (χ1) is 5.83. The molecular formula is C9H15NOS. The van der Waals surface area contributed by atoms with E-state index in [4.69, 9.17) is 5.26 Å². The molecule has 1 rings (SSSR count). The number of hydrogen-bond donors (Lipinski definition) is 1. The maximum Gasteiger partial charge on any atom is 0.0814 e. The third-order valence-electron chi connectivity index (χ3n) is 2.50. The first-order valence-electron chi connectivity index (χ1n) is 4.45. The van der Waals surface area contributed by atoms with Crippen LogP contribution in [0.1, 0.15) is 32.1 Å². The van der Waals surface area contributed by atoms with Gasteiger partial charge in [0.1, 0.15) is 0 Å². The van der Waals surface area contributed by atoms with Gasteiger partial charge in [-0.3, -0.25) is 0 Å². The molecule has 1 fully saturated rings. The average Bonchev–Trinajstić information content (AvgIpc) is 2.16. The largest absolute Gasteiger partial charge is 0.395 e. The molecule has 1 aliphatic carbocycles. The molecule has 0 heterocycles. The minimum atomic E-state index is 0.0218. The van der Waals surface area contributed by atoms with Crippen LogP contribution in [0.15, 0.2) is 0 Å². The first-order valence-corrected chi connectivity index (χ1v) is 5.43. The number of rotatable bonds is 3. The molecule has 0 spiro atoms. The highest BCUT2D eigenvalue weighted by Gasteiger charge is 2.31. The van der Waals surface area contributed by atoms with E-state index in [2.05, 4.69) is 6.07 Å². The predicted molar refractivity (Wildman–Crippen MR) is 51.0 cm³/mol. The van der Waals surface area contributed by atoms with Crippen LogP contribution >= 0.6 is 11.8 Å². The second-order valence-electron chi connectivity index (χ2n) is 3.35. The van der Waals surface area contributed by atoms with Gasteiger partial charge in [-0.15, -0.1) is 11.8 Å². The lowest BCUT2D eigenvalue weighted by molar-refractivity contribution is 0.214. The highest BCUT2D eigenvalue weighted by molar-refractivity contribution is 8.00. The van der Waals surface area contributed by atoms with Gasteiger partial charge in [-0.05, 0) is 12.8 Å². The van der Waals surface area contributed by atoms with Gasteiger partial charge in [0.25, 0.3) is 0 Å². The summed E-state index contributed by atoms with van der Waals surface area (Å²) in [4.78, 5) is 0. The second-order valence-corrected chi connectivity index (χ2v) is 4.79. The van der Waals surface area contributed by atoms with Crippen molar-refractivity contribution in [1.29, 1.82) is 5.26 Å². The zero-order chi connectivity index (χ0) is 8.86. The van der Waals surface area contributed by atoms with Crippen LogP contribution in [-0.2, 0) is 0 Å². The van der Waals surface area contributed by atoms with E-state index < -0.39 is 0 Å². The van der Waals surface area contributed by atoms with Crippen molar-refractivity contribution in [2.45, 2.75) is 36.9 Å². The molecule has 0 saturated heterocycles. The Morgan fingerprint density at radius 1 is 1.33 bits per heavy atom. The van der Waals surface area contributed by atoms with E-state index in [9.17, 15) is 5.11 Å². The van der Waals surface area contributed by atoms with E-state index in [1.165, 1.54) is 19.3 Å². The monoisotopic (exact) mass is 185 g/mol. The lowest BCUT2D eigenvalue weighted by atomic mass is 9.89. The van der Waals surface area contributed by atoms with Gasteiger partial charge in [0.15, 0.2) is 0 Å². The molecule has 0 aromatic carbocycles. The number of aliphatic hydroxyl groups is 1. The van der Waals surface area contributed by atoms with Gasteiger partial charge in [0.05, 0.1) is 18.4 Å². The van der Waals surface area contributed by atoms with Crippen molar-refractivity contribution in [3.63, 3.8) is 0 Å². The maximum absolute atomic E-state index is 9.24. The average molecular weight is 185 g/mol. The summed E-state index contributed by atoms with van der Waals surface area (Å²) in [7, 11) is 0. The molecule has 12 heavy (non-hydrogen) atoms. The van der Waals surface area contributed by atoms with Crippen molar-refractivity contribution in [2.24, 2.45) is 0 Å². The summed E-state index contributed by atoms with van der Waals surface area (Å²) in [6.45, 7) is 0.235. The van der Waals surface area contributed by atoms with Crippen molar-refractivity contribution in [1.82, 2.24) is 0 Å². The minimum Gasteiger partial charge on any atom is -0.395 e. The molecule has 0 atom stereocenters. The Hall–Kier alpha value is -0.200. The summed E-state index contributed by atoms with van der Waals surface area (Å²) < 4.78 is 0.0218. The van der Waals surface area contributed by atoms with E-state index in [1.54, 1.807) is 11.8 Å². The molecule has 3 heteroatoms. The van der Waals surface area contributed by atoms with Crippen LogP contribution in [0, 0.1) is 11.3 Å². The molecule has 2 nitrogen and oxygen atoms in total. The topological polar surface area (TPSA) is 44.0 Å². The van der Waals surface area contributed by atoms with Crippen LogP contribution in [0.4, 0.5) is 0 Å². The Bertz CT molecular complexity index is 170. The van der Waals surface area contributed by atoms with Crippen molar-refractivity contribution in [3.8, 4) is 6.07 Å². The molecule has 1 N–H and O–H groups in total. The third-order valence-corrected chi connectivity index (χ3v) is 3.92. The van der Waals surface area contributed by atoms with Gasteiger partial charge in [-0.1, -0.05) is 19.3 Å². The highest BCUT2D eigenvalue weighted by Crippen LogP contribution is 2.39. The van der Waals surface area contributed by atoms with Gasteiger partial charge >= 0.3 is 0 Å². The Morgan fingerprint density at radius 3 is 2.50 bits per heavy atom. The Morgan fingerprint density at radius 2 is 2.00 bits per heavy atom. The zero-order valence-electron chi connectivity index (χ0n) is 7.25. The third kappa shape index (κ3) is 2.40. The van der Waals surface area contributed by atoms with Crippen LogP contribution in [0.5, 0.6) is 0 Å². The quantitative estimate of drug-likeness (QED) is 0.730. The molecule has 0 aromatic heterocycles. The molecule has 1 aliphatic rings. The normalized spacial score (nSPS) is 21.7. The van der Waals surface area contributed by atoms with Crippen molar-refractivity contribution in [2.75, 3.05) is 12.4 Å². The minimum absolute atomic E-state index is 0.0218. The number of nitrogens with zero attached hydrogens (tertiary/aromatic N) is 1. The van der Waals surface area contributed by atoms with Crippen LogP contribution in [0.25, 0.3) is 0 Å². The van der Waals surface area contributed by atoms with E-state index in [-0.39, 0.29) is 11.4 Å². The van der Waals surface area contributed by atoms with Crippen LogP contribution < -0.4 is 0 Å². The molecule has 0 aliphatic heterocycles. The van der Waals surface area contributed by atoms with Crippen molar-refractivity contribution in [3.05, 3.63) is 0 Å². The van der Waals surface area contributed by atoms with Crippen LogP contribution in [-0.4, -0.2) is 22.2 Å². The highest BCUT2D eigenvalue weighted by atomic mass is 32.2. The van der Waals surface area contributed by atoms with Crippen LogP contribution in [0.3, 0.4) is 0 Å². The van der Waals surface area contributed by atoms with E-state index in [0.29, 0.717) is 5.75 Å². The predicted octanol–water partition coefficient (Wildman–Crippen LogP) is 1.94. The zero-order valence-corrected chi connectivity index (χ0v) is 8.07. The van der Waals surface area contributed by atoms with E-state index in [0.717, 1.165) is 12.8 Å². The molecule has 0 amide bonds. The number of aliphatic hydroxyl groups excluding tert-OH is 1. The molecule has 1 saturated carbocycles. The summed E-state index contributed by atoms with van der Waals surface area (Å²) in [5.74, 6) is 0.514. The molecule has 0 bridgehead atoms. The van der Waals surface area contributed by atoms with Crippen molar-refractivity contribution >= 4 is 11.8 Å². The summed E-state index contributed by atoms with van der Waals surface area (Å²) in [5, 5.41) is 17.7. The lowest BCUT2D eigenvalue weighted by Crippen LogP contribution is -2.32. The van der Waals surface area contributed by atoms with Gasteiger partial charge in [-0.25, -0.2) is 0 Å². The van der Waals surface area contributed by atoms with Crippen LogP contribution in [0.2, 0.25) is 0 Å². The first kappa shape index (κ1) is 9.88. The SMILES string of the molecule is N#CCSC1(CO)CCCCC1. The number of nitriles is 1. The Labute approximate surface area is 78.0 Å². The summed E-state index contributed by atoms with van der Waals surface area (Å²) in [6.07, 6.45) is 5.86. The summed E-state index contributed by atoms with van der Waals surface area (Å²) >= 11 is 1.63. The second kappa shape index (κ2) is 4.74. The van der Waals surface area contributed by atoms with E-state index >= 15 is 0 Å². The maximum atomic E-state index is 9.24. The summed E-state index contributed by atoms with van der Waals surface area (Å²) in [6, 6.07) is 2.13. The molecule has 0 radical (unpaired) electrons. The fourth-order valence-corrected chi connectivity index (χ4v) is 2.77. The van der Waals surface area contributed by atoms with E-state index in [1.807, 2.05) is 0 Å². The fourth-order valence-electron chi connectivity index (χ4n) is 1.73.